The Labute approximate surface area is 115 Å². The maximum absolute atomic E-state index is 10.9. The van der Waals surface area contributed by atoms with Crippen LogP contribution in [0.3, 0.4) is 0 Å². The Balaban J connectivity index is 2.19. The van der Waals surface area contributed by atoms with Crippen molar-refractivity contribution in [3.63, 3.8) is 0 Å². The summed E-state index contributed by atoms with van der Waals surface area (Å²) in [5.74, 6) is -0.946. The minimum atomic E-state index is -0.946. The van der Waals surface area contributed by atoms with Gasteiger partial charge in [0.25, 0.3) is 0 Å². The zero-order valence-electron chi connectivity index (χ0n) is 10.5. The van der Waals surface area contributed by atoms with Gasteiger partial charge in [-0.3, -0.25) is 0 Å². The Bertz CT molecular complexity index is 800. The van der Waals surface area contributed by atoms with Crippen LogP contribution in [0.5, 0.6) is 0 Å². The van der Waals surface area contributed by atoms with Crippen molar-refractivity contribution >= 4 is 23.0 Å². The molecule has 1 aromatic carbocycles. The van der Waals surface area contributed by atoms with Gasteiger partial charge in [0.15, 0.2) is 0 Å². The smallest absolute Gasteiger partial charge is 0.335 e. The van der Waals surface area contributed by atoms with E-state index in [1.54, 1.807) is 36.6 Å². The number of carbonyl (C=O) groups is 1. The Hall–Kier alpha value is -2.88. The first kappa shape index (κ1) is 12.2. The van der Waals surface area contributed by atoms with E-state index in [0.29, 0.717) is 5.69 Å². The summed E-state index contributed by atoms with van der Waals surface area (Å²) in [6, 6.07) is 10.3. The van der Waals surface area contributed by atoms with E-state index in [9.17, 15) is 4.79 Å². The summed E-state index contributed by atoms with van der Waals surface area (Å²) in [5.41, 5.74) is 3.28. The molecule has 0 radical (unpaired) electrons. The molecule has 3 aromatic rings. The van der Waals surface area contributed by atoms with Crippen molar-refractivity contribution in [1.82, 2.24) is 4.98 Å². The predicted molar refractivity (Wildman–Crippen MR) is 76.5 cm³/mol. The van der Waals surface area contributed by atoms with E-state index in [0.717, 1.165) is 22.2 Å². The second-order valence-corrected chi connectivity index (χ2v) is 4.31. The van der Waals surface area contributed by atoms with E-state index < -0.39 is 5.97 Å². The maximum atomic E-state index is 10.9. The van der Waals surface area contributed by atoms with Gasteiger partial charge in [-0.15, -0.1) is 0 Å². The quantitative estimate of drug-likeness (QED) is 0.781. The molecule has 0 saturated heterocycles. The van der Waals surface area contributed by atoms with E-state index >= 15 is 0 Å². The van der Waals surface area contributed by atoms with Crippen LogP contribution < -0.4 is 0 Å². The van der Waals surface area contributed by atoms with Gasteiger partial charge < -0.3 is 9.52 Å². The van der Waals surface area contributed by atoms with Gasteiger partial charge in [0.1, 0.15) is 5.58 Å². The van der Waals surface area contributed by atoms with Crippen LogP contribution >= 0.6 is 0 Å². The van der Waals surface area contributed by atoms with Crippen LogP contribution in [0.1, 0.15) is 16.1 Å². The molecule has 0 spiro atoms. The summed E-state index contributed by atoms with van der Waals surface area (Å²) < 4.78 is 5.40. The molecule has 2 heterocycles. The zero-order chi connectivity index (χ0) is 14.1. The molecule has 20 heavy (non-hydrogen) atoms. The van der Waals surface area contributed by atoms with Crippen LogP contribution in [0, 0.1) is 0 Å². The third kappa shape index (κ3) is 1.97. The second kappa shape index (κ2) is 4.66. The Kier molecular flexibility index (Phi) is 2.84. The van der Waals surface area contributed by atoms with Crippen molar-refractivity contribution in [2.45, 2.75) is 0 Å². The predicted octanol–water partition coefficient (Wildman–Crippen LogP) is 3.84. The van der Waals surface area contributed by atoms with Crippen molar-refractivity contribution in [2.75, 3.05) is 0 Å². The van der Waals surface area contributed by atoms with Crippen LogP contribution in [-0.2, 0) is 0 Å². The molecule has 0 saturated carbocycles. The molecule has 0 amide bonds. The molecule has 2 aromatic heterocycles. The fraction of sp³-hybridized carbons (Fsp3) is 0. The van der Waals surface area contributed by atoms with Gasteiger partial charge in [-0.25, -0.2) is 9.78 Å². The molecule has 1 N–H and O–H groups in total. The topological polar surface area (TPSA) is 63.3 Å². The molecule has 98 valence electrons. The monoisotopic (exact) mass is 265 g/mol. The minimum Gasteiger partial charge on any atom is -0.478 e. The van der Waals surface area contributed by atoms with E-state index in [4.69, 9.17) is 9.52 Å². The number of aromatic nitrogens is 1. The van der Waals surface area contributed by atoms with E-state index in [1.165, 1.54) is 0 Å². The van der Waals surface area contributed by atoms with E-state index in [-0.39, 0.29) is 5.56 Å². The number of benzene rings is 1. The number of furan rings is 1. The number of hydrogen-bond acceptors (Lipinski definition) is 3. The van der Waals surface area contributed by atoms with Gasteiger partial charge in [0.2, 0.25) is 0 Å². The second-order valence-electron chi connectivity index (χ2n) is 4.31. The summed E-state index contributed by atoms with van der Waals surface area (Å²) >= 11 is 0. The number of nitrogens with zero attached hydrogens (tertiary/aromatic N) is 1. The average Bonchev–Trinajstić information content (AvgIpc) is 2.94. The highest BCUT2D eigenvalue weighted by molar-refractivity contribution is 5.94. The molecule has 0 atom stereocenters. The van der Waals surface area contributed by atoms with E-state index in [2.05, 4.69) is 11.6 Å². The molecule has 4 nitrogen and oxygen atoms in total. The lowest BCUT2D eigenvalue weighted by Crippen LogP contribution is -1.95. The van der Waals surface area contributed by atoms with Gasteiger partial charge in [-0.2, -0.15) is 0 Å². The SMILES string of the molecule is C=Cc1cc2occc2c(-c2ccc(C(=O)O)cc2)n1. The van der Waals surface area contributed by atoms with Gasteiger partial charge in [0, 0.05) is 17.0 Å². The Morgan fingerprint density at radius 2 is 2.00 bits per heavy atom. The van der Waals surface area contributed by atoms with Crippen LogP contribution in [0.15, 0.2) is 53.7 Å². The first-order valence-corrected chi connectivity index (χ1v) is 6.03. The molecule has 0 unspecified atom stereocenters. The maximum Gasteiger partial charge on any atom is 0.335 e. The molecular formula is C16H11NO3. The minimum absolute atomic E-state index is 0.247. The highest BCUT2D eigenvalue weighted by atomic mass is 16.4. The first-order valence-electron chi connectivity index (χ1n) is 6.03. The lowest BCUT2D eigenvalue weighted by atomic mass is 10.1. The van der Waals surface area contributed by atoms with Crippen molar-refractivity contribution < 1.29 is 14.3 Å². The number of hydrogen-bond donors (Lipinski definition) is 1. The summed E-state index contributed by atoms with van der Waals surface area (Å²) in [4.78, 5) is 15.4. The molecular weight excluding hydrogens is 254 g/mol. The third-order valence-corrected chi connectivity index (χ3v) is 3.08. The standard InChI is InChI=1S/C16H11NO3/c1-2-12-9-14-13(7-8-20-14)15(17-12)10-3-5-11(6-4-10)16(18)19/h2-9H,1H2,(H,18,19). The Morgan fingerprint density at radius 3 is 2.65 bits per heavy atom. The number of carboxylic acid groups (broad SMARTS) is 1. The summed E-state index contributed by atoms with van der Waals surface area (Å²) in [6.07, 6.45) is 3.26. The third-order valence-electron chi connectivity index (χ3n) is 3.08. The van der Waals surface area contributed by atoms with Gasteiger partial charge >= 0.3 is 5.97 Å². The largest absolute Gasteiger partial charge is 0.478 e. The summed E-state index contributed by atoms with van der Waals surface area (Å²) in [5, 5.41) is 9.81. The molecule has 3 rings (SSSR count). The normalized spacial score (nSPS) is 10.6. The summed E-state index contributed by atoms with van der Waals surface area (Å²) in [6.45, 7) is 3.71. The average molecular weight is 265 g/mol. The van der Waals surface area contributed by atoms with Crippen molar-refractivity contribution in [2.24, 2.45) is 0 Å². The fourth-order valence-electron chi connectivity index (χ4n) is 2.08. The van der Waals surface area contributed by atoms with Crippen LogP contribution in [0.4, 0.5) is 0 Å². The van der Waals surface area contributed by atoms with Gasteiger partial charge in [0.05, 0.1) is 23.2 Å². The molecule has 0 fully saturated rings. The molecule has 0 bridgehead atoms. The highest BCUT2D eigenvalue weighted by Crippen LogP contribution is 2.29. The highest BCUT2D eigenvalue weighted by Gasteiger charge is 2.10. The number of rotatable bonds is 3. The molecule has 0 aliphatic carbocycles. The lowest BCUT2D eigenvalue weighted by molar-refractivity contribution is 0.0697. The van der Waals surface area contributed by atoms with Crippen LogP contribution in [0.25, 0.3) is 28.3 Å². The van der Waals surface area contributed by atoms with Crippen molar-refractivity contribution in [1.29, 1.82) is 0 Å². The molecule has 4 heteroatoms. The number of fused-ring (bicyclic) bond motifs is 1. The summed E-state index contributed by atoms with van der Waals surface area (Å²) in [7, 11) is 0. The van der Waals surface area contributed by atoms with Crippen LogP contribution in [0.2, 0.25) is 0 Å². The fourth-order valence-corrected chi connectivity index (χ4v) is 2.08. The number of pyridine rings is 1. The molecule has 0 aliphatic rings. The van der Waals surface area contributed by atoms with E-state index in [1.807, 2.05) is 12.1 Å². The zero-order valence-corrected chi connectivity index (χ0v) is 10.5. The van der Waals surface area contributed by atoms with Crippen LogP contribution in [-0.4, -0.2) is 16.1 Å². The van der Waals surface area contributed by atoms with Gasteiger partial charge in [-0.05, 0) is 24.3 Å². The van der Waals surface area contributed by atoms with Gasteiger partial charge in [-0.1, -0.05) is 18.7 Å². The lowest BCUT2D eigenvalue weighted by Gasteiger charge is -2.05. The number of aromatic carboxylic acids is 1. The first-order chi connectivity index (χ1) is 9.69. The Morgan fingerprint density at radius 1 is 1.25 bits per heavy atom. The van der Waals surface area contributed by atoms with Crippen molar-refractivity contribution in [3.8, 4) is 11.3 Å². The number of carboxylic acids is 1. The van der Waals surface area contributed by atoms with Crippen molar-refractivity contribution in [3.05, 3.63) is 60.5 Å². The molecule has 0 aliphatic heterocycles.